The van der Waals surface area contributed by atoms with Crippen molar-refractivity contribution in [2.24, 2.45) is 11.3 Å². The maximum Gasteiger partial charge on any atom is 0.0406 e. The van der Waals surface area contributed by atoms with Gasteiger partial charge in [-0.25, -0.2) is 0 Å². The molecule has 1 nitrogen and oxygen atoms in total. The van der Waals surface area contributed by atoms with Crippen LogP contribution in [0, 0.1) is 11.3 Å². The van der Waals surface area contributed by atoms with Crippen LogP contribution in [0.1, 0.15) is 44.1 Å². The van der Waals surface area contributed by atoms with E-state index in [0.717, 1.165) is 17.5 Å². The number of benzene rings is 1. The van der Waals surface area contributed by atoms with E-state index in [0.29, 0.717) is 11.3 Å². The zero-order valence-electron chi connectivity index (χ0n) is 11.1. The van der Waals surface area contributed by atoms with E-state index in [-0.39, 0.29) is 0 Å². The van der Waals surface area contributed by atoms with E-state index in [1.54, 1.807) is 0 Å². The van der Waals surface area contributed by atoms with Crippen molar-refractivity contribution in [1.29, 1.82) is 0 Å². The van der Waals surface area contributed by atoms with Gasteiger partial charge in [0.15, 0.2) is 0 Å². The Kier molecular flexibility index (Phi) is 3.38. The van der Waals surface area contributed by atoms with Crippen LogP contribution < -0.4 is 5.32 Å². The molecule has 1 heterocycles. The molecule has 0 aromatic heterocycles. The highest BCUT2D eigenvalue weighted by atomic mass is 35.5. The summed E-state index contributed by atoms with van der Waals surface area (Å²) in [5.74, 6) is 1.63. The second-order valence-corrected chi connectivity index (χ2v) is 6.36. The van der Waals surface area contributed by atoms with Crippen LogP contribution in [0.15, 0.2) is 24.3 Å². The first kappa shape index (κ1) is 12.5. The topological polar surface area (TPSA) is 12.0 Å². The Bertz CT molecular complexity index is 410. The molecule has 1 saturated heterocycles. The standard InChI is InChI=1S/C16H22ClN/c1-2-16(13-5-6-13)9-10-18-11-15(16)12-3-7-14(17)8-4-12/h3-4,7-8,13,15,18H,2,5-6,9-11H2,1H3. The van der Waals surface area contributed by atoms with Crippen molar-refractivity contribution in [2.45, 2.75) is 38.5 Å². The van der Waals surface area contributed by atoms with Gasteiger partial charge in [0.2, 0.25) is 0 Å². The van der Waals surface area contributed by atoms with Gasteiger partial charge in [-0.3, -0.25) is 0 Å². The third-order valence-electron chi connectivity index (χ3n) is 5.13. The Morgan fingerprint density at radius 2 is 2.00 bits per heavy atom. The van der Waals surface area contributed by atoms with Gasteiger partial charge in [-0.05, 0) is 61.3 Å². The van der Waals surface area contributed by atoms with Gasteiger partial charge < -0.3 is 5.32 Å². The van der Waals surface area contributed by atoms with E-state index in [1.807, 2.05) is 12.1 Å². The lowest BCUT2D eigenvalue weighted by Crippen LogP contribution is -2.44. The minimum Gasteiger partial charge on any atom is -0.316 e. The van der Waals surface area contributed by atoms with Gasteiger partial charge >= 0.3 is 0 Å². The lowest BCUT2D eigenvalue weighted by Gasteiger charge is -2.45. The van der Waals surface area contributed by atoms with Crippen LogP contribution in [0.3, 0.4) is 0 Å². The molecule has 1 saturated carbocycles. The van der Waals surface area contributed by atoms with Crippen molar-refractivity contribution in [2.75, 3.05) is 13.1 Å². The van der Waals surface area contributed by atoms with Crippen LogP contribution in [0.5, 0.6) is 0 Å². The number of nitrogens with one attached hydrogen (secondary N) is 1. The molecule has 2 heteroatoms. The molecule has 2 fully saturated rings. The van der Waals surface area contributed by atoms with Crippen LogP contribution in [0.25, 0.3) is 0 Å². The fourth-order valence-electron chi connectivity index (χ4n) is 3.95. The molecule has 1 N–H and O–H groups in total. The summed E-state index contributed by atoms with van der Waals surface area (Å²) in [5, 5.41) is 4.43. The molecular weight excluding hydrogens is 242 g/mol. The normalized spacial score (nSPS) is 32.4. The summed E-state index contributed by atoms with van der Waals surface area (Å²) in [6.45, 7) is 4.70. The predicted octanol–water partition coefficient (Wildman–Crippen LogP) is 4.22. The molecule has 18 heavy (non-hydrogen) atoms. The average Bonchev–Trinajstić information content (AvgIpc) is 3.24. The average molecular weight is 264 g/mol. The molecule has 1 aromatic carbocycles. The highest BCUT2D eigenvalue weighted by Gasteiger charge is 2.50. The number of hydrogen-bond acceptors (Lipinski definition) is 1. The smallest absolute Gasteiger partial charge is 0.0406 e. The van der Waals surface area contributed by atoms with E-state index in [9.17, 15) is 0 Å². The second-order valence-electron chi connectivity index (χ2n) is 5.92. The van der Waals surface area contributed by atoms with Crippen LogP contribution in [-0.2, 0) is 0 Å². The quantitative estimate of drug-likeness (QED) is 0.861. The molecule has 98 valence electrons. The van der Waals surface area contributed by atoms with Gasteiger partial charge in [0.25, 0.3) is 0 Å². The molecule has 2 atom stereocenters. The Balaban J connectivity index is 1.93. The zero-order chi connectivity index (χ0) is 12.6. The number of hydrogen-bond donors (Lipinski definition) is 1. The first-order valence-corrected chi connectivity index (χ1v) is 7.60. The third kappa shape index (κ3) is 2.08. The zero-order valence-corrected chi connectivity index (χ0v) is 11.8. The largest absolute Gasteiger partial charge is 0.316 e. The molecule has 2 unspecified atom stereocenters. The molecule has 3 rings (SSSR count). The van der Waals surface area contributed by atoms with Crippen molar-refractivity contribution in [3.63, 3.8) is 0 Å². The highest BCUT2D eigenvalue weighted by Crippen LogP contribution is 2.58. The van der Waals surface area contributed by atoms with Crippen molar-refractivity contribution in [3.8, 4) is 0 Å². The van der Waals surface area contributed by atoms with Crippen LogP contribution in [-0.4, -0.2) is 13.1 Å². The maximum absolute atomic E-state index is 6.01. The Hall–Kier alpha value is -0.530. The number of halogens is 1. The first-order valence-electron chi connectivity index (χ1n) is 7.22. The van der Waals surface area contributed by atoms with Crippen LogP contribution in [0.2, 0.25) is 5.02 Å². The highest BCUT2D eigenvalue weighted by molar-refractivity contribution is 6.30. The summed E-state index contributed by atoms with van der Waals surface area (Å²) in [5.41, 5.74) is 2.01. The molecule has 0 bridgehead atoms. The molecule has 1 aliphatic carbocycles. The first-order chi connectivity index (χ1) is 8.76. The molecule has 0 amide bonds. The summed E-state index contributed by atoms with van der Waals surface area (Å²) in [6, 6.07) is 8.54. The molecule has 1 aromatic rings. The van der Waals surface area contributed by atoms with Crippen LogP contribution in [0.4, 0.5) is 0 Å². The van der Waals surface area contributed by atoms with E-state index >= 15 is 0 Å². The minimum absolute atomic E-state index is 0.541. The van der Waals surface area contributed by atoms with Crippen LogP contribution >= 0.6 is 11.6 Å². The van der Waals surface area contributed by atoms with Gasteiger partial charge in [-0.15, -0.1) is 0 Å². The van der Waals surface area contributed by atoms with Gasteiger partial charge in [0.1, 0.15) is 0 Å². The maximum atomic E-state index is 6.01. The third-order valence-corrected chi connectivity index (χ3v) is 5.38. The van der Waals surface area contributed by atoms with E-state index in [4.69, 9.17) is 11.6 Å². The summed E-state index contributed by atoms with van der Waals surface area (Å²) in [6.07, 6.45) is 5.53. The van der Waals surface area contributed by atoms with Gasteiger partial charge in [-0.2, -0.15) is 0 Å². The molecule has 0 spiro atoms. The van der Waals surface area contributed by atoms with Gasteiger partial charge in [0.05, 0.1) is 0 Å². The molecule has 0 radical (unpaired) electrons. The van der Waals surface area contributed by atoms with Crippen molar-refractivity contribution < 1.29 is 0 Å². The fourth-order valence-corrected chi connectivity index (χ4v) is 4.07. The number of rotatable bonds is 3. The van der Waals surface area contributed by atoms with Crippen molar-refractivity contribution >= 4 is 11.6 Å². The Labute approximate surface area is 115 Å². The Morgan fingerprint density at radius 1 is 1.28 bits per heavy atom. The molecule has 1 aliphatic heterocycles. The fraction of sp³-hybridized carbons (Fsp3) is 0.625. The SMILES string of the molecule is CCC1(C2CC2)CCNCC1c1ccc(Cl)cc1. The van der Waals surface area contributed by atoms with Crippen molar-refractivity contribution in [1.82, 2.24) is 5.32 Å². The minimum atomic E-state index is 0.541. The summed E-state index contributed by atoms with van der Waals surface area (Å²) in [4.78, 5) is 0. The monoisotopic (exact) mass is 263 g/mol. The predicted molar refractivity (Wildman–Crippen MR) is 77.1 cm³/mol. The second kappa shape index (κ2) is 4.86. The van der Waals surface area contributed by atoms with Crippen molar-refractivity contribution in [3.05, 3.63) is 34.9 Å². The summed E-state index contributed by atoms with van der Waals surface area (Å²) >= 11 is 6.01. The lowest BCUT2D eigenvalue weighted by molar-refractivity contribution is 0.123. The Morgan fingerprint density at radius 3 is 2.61 bits per heavy atom. The van der Waals surface area contributed by atoms with E-state index in [2.05, 4.69) is 24.4 Å². The van der Waals surface area contributed by atoms with Gasteiger partial charge in [0, 0.05) is 17.5 Å². The number of piperidine rings is 1. The summed E-state index contributed by atoms with van der Waals surface area (Å²) < 4.78 is 0. The molecular formula is C16H22ClN. The van der Waals surface area contributed by atoms with E-state index in [1.165, 1.54) is 37.8 Å². The lowest BCUT2D eigenvalue weighted by atomic mass is 9.63. The van der Waals surface area contributed by atoms with E-state index < -0.39 is 0 Å². The van der Waals surface area contributed by atoms with Gasteiger partial charge in [-0.1, -0.05) is 30.7 Å². The summed E-state index contributed by atoms with van der Waals surface area (Å²) in [7, 11) is 0. The molecule has 2 aliphatic rings.